The molecule has 2 heterocycles. The van der Waals surface area contributed by atoms with Gasteiger partial charge in [-0.25, -0.2) is 14.4 Å². The van der Waals surface area contributed by atoms with Gasteiger partial charge in [0.1, 0.15) is 17.6 Å². The summed E-state index contributed by atoms with van der Waals surface area (Å²) in [5, 5.41) is 16.9. The number of amides is 1. The average Bonchev–Trinajstić information content (AvgIpc) is 2.88. The van der Waals surface area contributed by atoms with E-state index in [4.69, 9.17) is 10.00 Å². The molecule has 8 nitrogen and oxygen atoms in total. The molecule has 1 amide bonds. The van der Waals surface area contributed by atoms with Crippen molar-refractivity contribution in [2.75, 3.05) is 39.1 Å². The van der Waals surface area contributed by atoms with Gasteiger partial charge in [0.05, 0.1) is 24.9 Å². The fourth-order valence-electron chi connectivity index (χ4n) is 4.11. The molecule has 1 fully saturated rings. The number of nitriles is 1. The standard InChI is InChI=1S/C26H27FN6O2/c1-16(13-28)14-30-24-19-12-18(5-4-17(19)6-7-23(24)35-3)25-29-10-8-22(31-25)26(34)32-21-9-11-33(2)15-20(21)27/h4-8,10,12,20-21,30H,1,9,11,14-15H2,2-3H3,(H,32,34)/t20-,21+/m1/s1. The molecule has 0 aliphatic carbocycles. The van der Waals surface area contributed by atoms with Crippen LogP contribution in [0.2, 0.25) is 0 Å². The summed E-state index contributed by atoms with van der Waals surface area (Å²) in [7, 11) is 3.44. The van der Waals surface area contributed by atoms with E-state index in [1.807, 2.05) is 48.3 Å². The van der Waals surface area contributed by atoms with E-state index in [0.717, 1.165) is 17.3 Å². The minimum Gasteiger partial charge on any atom is -0.495 e. The van der Waals surface area contributed by atoms with Crippen molar-refractivity contribution in [1.29, 1.82) is 5.26 Å². The van der Waals surface area contributed by atoms with Crippen LogP contribution in [0.15, 0.2) is 54.7 Å². The molecular formula is C26H27FN6O2. The van der Waals surface area contributed by atoms with Crippen molar-refractivity contribution in [2.45, 2.75) is 18.6 Å². The van der Waals surface area contributed by atoms with E-state index in [0.29, 0.717) is 41.4 Å². The van der Waals surface area contributed by atoms with Gasteiger partial charge in [0.2, 0.25) is 0 Å². The molecule has 2 N–H and O–H groups in total. The molecule has 0 bridgehead atoms. The minimum absolute atomic E-state index is 0.176. The molecule has 1 aliphatic rings. The van der Waals surface area contributed by atoms with E-state index in [1.54, 1.807) is 7.11 Å². The number of nitrogens with zero attached hydrogens (tertiary/aromatic N) is 4. The minimum atomic E-state index is -1.13. The van der Waals surface area contributed by atoms with Gasteiger partial charge in [-0.1, -0.05) is 24.8 Å². The summed E-state index contributed by atoms with van der Waals surface area (Å²) >= 11 is 0. The topological polar surface area (TPSA) is 103 Å². The van der Waals surface area contributed by atoms with Crippen LogP contribution < -0.4 is 15.4 Å². The van der Waals surface area contributed by atoms with Gasteiger partial charge in [-0.15, -0.1) is 0 Å². The number of fused-ring (bicyclic) bond motifs is 1. The number of benzene rings is 2. The highest BCUT2D eigenvalue weighted by atomic mass is 19.1. The van der Waals surface area contributed by atoms with E-state index < -0.39 is 18.1 Å². The fraction of sp³-hybridized carbons (Fsp3) is 0.308. The number of ether oxygens (including phenoxy) is 1. The zero-order valence-electron chi connectivity index (χ0n) is 19.7. The van der Waals surface area contributed by atoms with Crippen LogP contribution in [-0.2, 0) is 0 Å². The lowest BCUT2D eigenvalue weighted by Crippen LogP contribution is -2.51. The molecule has 2 atom stereocenters. The third-order valence-corrected chi connectivity index (χ3v) is 6.05. The highest BCUT2D eigenvalue weighted by Gasteiger charge is 2.29. The number of piperidine rings is 1. The second-order valence-electron chi connectivity index (χ2n) is 8.56. The third-order valence-electron chi connectivity index (χ3n) is 6.05. The number of hydrogen-bond acceptors (Lipinski definition) is 7. The van der Waals surface area contributed by atoms with Gasteiger partial charge in [0.25, 0.3) is 5.91 Å². The molecule has 9 heteroatoms. The van der Waals surface area contributed by atoms with Crippen molar-refractivity contribution in [3.63, 3.8) is 0 Å². The molecule has 0 spiro atoms. The Morgan fingerprint density at radius 1 is 1.34 bits per heavy atom. The first kappa shape index (κ1) is 24.1. The normalized spacial score (nSPS) is 18.0. The summed E-state index contributed by atoms with van der Waals surface area (Å²) in [6, 6.07) is 12.5. The Hall–Kier alpha value is -4.03. The molecular weight excluding hydrogens is 447 g/mol. The van der Waals surface area contributed by atoms with Gasteiger partial charge < -0.3 is 20.3 Å². The zero-order valence-corrected chi connectivity index (χ0v) is 19.7. The van der Waals surface area contributed by atoms with Gasteiger partial charge in [-0.3, -0.25) is 4.79 Å². The number of alkyl halides is 1. The first-order chi connectivity index (χ1) is 16.9. The van der Waals surface area contributed by atoms with Gasteiger partial charge in [0, 0.05) is 42.4 Å². The van der Waals surface area contributed by atoms with E-state index in [-0.39, 0.29) is 12.2 Å². The molecule has 0 unspecified atom stereocenters. The highest BCUT2D eigenvalue weighted by Crippen LogP contribution is 2.35. The molecule has 3 aromatic rings. The van der Waals surface area contributed by atoms with Crippen molar-refractivity contribution in [2.24, 2.45) is 0 Å². The number of nitrogens with one attached hydrogen (secondary N) is 2. The number of carbonyl (C=O) groups excluding carboxylic acids is 1. The third kappa shape index (κ3) is 5.39. The summed E-state index contributed by atoms with van der Waals surface area (Å²) < 4.78 is 19.9. The Kier molecular flexibility index (Phi) is 7.22. The Morgan fingerprint density at radius 2 is 2.14 bits per heavy atom. The monoisotopic (exact) mass is 474 g/mol. The van der Waals surface area contributed by atoms with Crippen molar-refractivity contribution in [3.8, 4) is 23.2 Å². The summed E-state index contributed by atoms with van der Waals surface area (Å²) in [4.78, 5) is 23.5. The molecule has 180 valence electrons. The SMILES string of the molecule is C=C(C#N)CNc1c(OC)ccc2ccc(-c3nccc(C(=O)N[C@H]4CCN(C)C[C@H]4F)n3)cc12. The second-order valence-corrected chi connectivity index (χ2v) is 8.56. The lowest BCUT2D eigenvalue weighted by atomic mass is 10.0. The Morgan fingerprint density at radius 3 is 2.89 bits per heavy atom. The summed E-state index contributed by atoms with van der Waals surface area (Å²) in [5.41, 5.74) is 1.98. The number of anilines is 1. The number of rotatable bonds is 7. The van der Waals surface area contributed by atoms with Gasteiger partial charge in [-0.2, -0.15) is 5.26 Å². The number of halogens is 1. The molecule has 1 saturated heterocycles. The van der Waals surface area contributed by atoms with Crippen LogP contribution in [-0.4, -0.2) is 66.8 Å². The van der Waals surface area contributed by atoms with Crippen LogP contribution in [0.3, 0.4) is 0 Å². The molecule has 0 saturated carbocycles. The van der Waals surface area contributed by atoms with E-state index in [9.17, 15) is 9.18 Å². The predicted octanol–water partition coefficient (Wildman–Crippen LogP) is 3.57. The van der Waals surface area contributed by atoms with Crippen molar-refractivity contribution in [1.82, 2.24) is 20.2 Å². The fourth-order valence-corrected chi connectivity index (χ4v) is 4.11. The maximum Gasteiger partial charge on any atom is 0.270 e. The van der Waals surface area contributed by atoms with E-state index in [2.05, 4.69) is 27.2 Å². The largest absolute Gasteiger partial charge is 0.495 e. The second kappa shape index (κ2) is 10.5. The number of likely N-dealkylation sites (tertiary alicyclic amines) is 1. The molecule has 4 rings (SSSR count). The molecule has 1 aromatic heterocycles. The van der Waals surface area contributed by atoms with Gasteiger partial charge in [0.15, 0.2) is 5.82 Å². The Bertz CT molecular complexity index is 1300. The predicted molar refractivity (Wildman–Crippen MR) is 133 cm³/mol. The average molecular weight is 475 g/mol. The van der Waals surface area contributed by atoms with Crippen molar-refractivity contribution < 1.29 is 13.9 Å². The Labute approximate surface area is 203 Å². The van der Waals surface area contributed by atoms with Crippen LogP contribution in [0.5, 0.6) is 5.75 Å². The smallest absolute Gasteiger partial charge is 0.270 e. The molecule has 1 aliphatic heterocycles. The van der Waals surface area contributed by atoms with Crippen LogP contribution in [0, 0.1) is 11.3 Å². The molecule has 0 radical (unpaired) electrons. The van der Waals surface area contributed by atoms with Crippen LogP contribution in [0.4, 0.5) is 10.1 Å². The van der Waals surface area contributed by atoms with Crippen LogP contribution >= 0.6 is 0 Å². The number of methoxy groups -OCH3 is 1. The lowest BCUT2D eigenvalue weighted by Gasteiger charge is -2.32. The first-order valence-electron chi connectivity index (χ1n) is 11.3. The number of aromatic nitrogens is 2. The van der Waals surface area contributed by atoms with Crippen molar-refractivity contribution >= 4 is 22.4 Å². The number of hydrogen-bond donors (Lipinski definition) is 2. The van der Waals surface area contributed by atoms with Crippen LogP contribution in [0.1, 0.15) is 16.9 Å². The number of carbonyl (C=O) groups is 1. The van der Waals surface area contributed by atoms with Crippen molar-refractivity contribution in [3.05, 3.63) is 60.4 Å². The van der Waals surface area contributed by atoms with Gasteiger partial charge >= 0.3 is 0 Å². The molecule has 35 heavy (non-hydrogen) atoms. The van der Waals surface area contributed by atoms with E-state index >= 15 is 0 Å². The highest BCUT2D eigenvalue weighted by molar-refractivity contribution is 5.99. The first-order valence-corrected chi connectivity index (χ1v) is 11.3. The summed E-state index contributed by atoms with van der Waals surface area (Å²) in [6.07, 6.45) is 0.935. The maximum atomic E-state index is 14.4. The van der Waals surface area contributed by atoms with E-state index in [1.165, 1.54) is 12.3 Å². The maximum absolute atomic E-state index is 14.4. The summed E-state index contributed by atoms with van der Waals surface area (Å²) in [5.74, 6) is 0.564. The molecule has 2 aromatic carbocycles. The zero-order chi connectivity index (χ0) is 24.9. The van der Waals surface area contributed by atoms with Crippen LogP contribution in [0.25, 0.3) is 22.2 Å². The Balaban J connectivity index is 1.63. The summed E-state index contributed by atoms with van der Waals surface area (Å²) in [6.45, 7) is 5.00. The quantitative estimate of drug-likeness (QED) is 0.505. The van der Waals surface area contributed by atoms with Gasteiger partial charge in [-0.05, 0) is 37.1 Å². The lowest BCUT2D eigenvalue weighted by molar-refractivity contribution is 0.0817.